The van der Waals surface area contributed by atoms with Crippen molar-refractivity contribution >= 4 is 5.91 Å². The van der Waals surface area contributed by atoms with Crippen LogP contribution in [0.1, 0.15) is 47.0 Å². The normalized spacial score (nSPS) is 33.8. The molecule has 1 N–H and O–H groups in total. The number of carbonyl (C=O) groups is 1. The molecular formula is C14H26N2O2. The van der Waals surface area contributed by atoms with E-state index in [-0.39, 0.29) is 17.6 Å². The molecule has 0 aliphatic carbocycles. The Bertz CT molecular complexity index is 317. The van der Waals surface area contributed by atoms with Crippen LogP contribution in [0.3, 0.4) is 0 Å². The number of nitrogens with one attached hydrogen (secondary N) is 1. The Balaban J connectivity index is 2.00. The standard InChI is InChI=1S/C14H26N2O2/c1-5-10(2)12-13(17)16(9-15-12)11-6-7-18-14(3,4)8-11/h10-12,15H,5-9H2,1-4H3. The van der Waals surface area contributed by atoms with Crippen molar-refractivity contribution in [3.05, 3.63) is 0 Å². The zero-order chi connectivity index (χ0) is 13.3. The van der Waals surface area contributed by atoms with Crippen molar-refractivity contribution in [2.24, 2.45) is 5.92 Å². The first-order chi connectivity index (χ1) is 8.44. The molecule has 0 bridgehead atoms. The number of amides is 1. The molecule has 2 heterocycles. The van der Waals surface area contributed by atoms with Crippen molar-refractivity contribution in [1.82, 2.24) is 10.2 Å². The fraction of sp³-hybridized carbons (Fsp3) is 0.929. The van der Waals surface area contributed by atoms with E-state index in [1.807, 2.05) is 4.90 Å². The lowest BCUT2D eigenvalue weighted by Crippen LogP contribution is -2.47. The van der Waals surface area contributed by atoms with E-state index in [2.05, 4.69) is 33.0 Å². The third-order valence-corrected chi connectivity index (χ3v) is 4.36. The molecule has 0 aromatic heterocycles. The number of rotatable bonds is 3. The van der Waals surface area contributed by atoms with Gasteiger partial charge in [-0.15, -0.1) is 0 Å². The lowest BCUT2D eigenvalue weighted by molar-refractivity contribution is -0.137. The molecule has 0 spiro atoms. The van der Waals surface area contributed by atoms with Crippen LogP contribution in [-0.2, 0) is 9.53 Å². The van der Waals surface area contributed by atoms with E-state index in [0.29, 0.717) is 18.6 Å². The maximum Gasteiger partial charge on any atom is 0.241 e. The molecule has 2 rings (SSSR count). The summed E-state index contributed by atoms with van der Waals surface area (Å²) < 4.78 is 5.73. The Morgan fingerprint density at radius 3 is 2.89 bits per heavy atom. The van der Waals surface area contributed by atoms with E-state index in [1.165, 1.54) is 0 Å². The van der Waals surface area contributed by atoms with Crippen molar-refractivity contribution in [3.63, 3.8) is 0 Å². The Labute approximate surface area is 110 Å². The van der Waals surface area contributed by atoms with E-state index in [4.69, 9.17) is 4.74 Å². The molecule has 4 heteroatoms. The van der Waals surface area contributed by atoms with E-state index in [0.717, 1.165) is 25.9 Å². The van der Waals surface area contributed by atoms with Crippen LogP contribution in [0.4, 0.5) is 0 Å². The highest BCUT2D eigenvalue weighted by molar-refractivity contribution is 5.84. The number of carbonyl (C=O) groups excluding carboxylic acids is 1. The summed E-state index contributed by atoms with van der Waals surface area (Å²) in [6.07, 6.45) is 2.94. The van der Waals surface area contributed by atoms with Gasteiger partial charge in [0.2, 0.25) is 5.91 Å². The molecule has 2 saturated heterocycles. The molecule has 0 aromatic carbocycles. The highest BCUT2D eigenvalue weighted by Crippen LogP contribution is 2.29. The van der Waals surface area contributed by atoms with Gasteiger partial charge in [-0.3, -0.25) is 10.1 Å². The molecule has 18 heavy (non-hydrogen) atoms. The molecule has 1 amide bonds. The maximum atomic E-state index is 12.4. The molecule has 3 unspecified atom stereocenters. The summed E-state index contributed by atoms with van der Waals surface area (Å²) in [5, 5.41) is 3.37. The van der Waals surface area contributed by atoms with Crippen LogP contribution in [0.5, 0.6) is 0 Å². The van der Waals surface area contributed by atoms with Gasteiger partial charge in [-0.25, -0.2) is 0 Å². The average molecular weight is 254 g/mol. The van der Waals surface area contributed by atoms with Gasteiger partial charge < -0.3 is 9.64 Å². The third-order valence-electron chi connectivity index (χ3n) is 4.36. The van der Waals surface area contributed by atoms with Crippen LogP contribution in [0.15, 0.2) is 0 Å². The fourth-order valence-electron chi connectivity index (χ4n) is 3.00. The highest BCUT2D eigenvalue weighted by atomic mass is 16.5. The summed E-state index contributed by atoms with van der Waals surface area (Å²) in [4.78, 5) is 14.5. The maximum absolute atomic E-state index is 12.4. The number of hydrogen-bond acceptors (Lipinski definition) is 3. The molecular weight excluding hydrogens is 228 g/mol. The number of ether oxygens (including phenoxy) is 1. The highest BCUT2D eigenvalue weighted by Gasteiger charge is 2.41. The van der Waals surface area contributed by atoms with Gasteiger partial charge >= 0.3 is 0 Å². The lowest BCUT2D eigenvalue weighted by Gasteiger charge is -2.39. The topological polar surface area (TPSA) is 41.6 Å². The Kier molecular flexibility index (Phi) is 3.97. The Morgan fingerprint density at radius 2 is 2.28 bits per heavy atom. The van der Waals surface area contributed by atoms with E-state index >= 15 is 0 Å². The van der Waals surface area contributed by atoms with Gasteiger partial charge in [-0.1, -0.05) is 20.3 Å². The smallest absolute Gasteiger partial charge is 0.241 e. The van der Waals surface area contributed by atoms with Crippen molar-refractivity contribution < 1.29 is 9.53 Å². The largest absolute Gasteiger partial charge is 0.375 e. The minimum Gasteiger partial charge on any atom is -0.375 e. The zero-order valence-corrected chi connectivity index (χ0v) is 12.0. The van der Waals surface area contributed by atoms with Gasteiger partial charge in [0, 0.05) is 12.6 Å². The summed E-state index contributed by atoms with van der Waals surface area (Å²) >= 11 is 0. The first-order valence-corrected chi connectivity index (χ1v) is 7.12. The second-order valence-electron chi connectivity index (χ2n) is 6.29. The summed E-state index contributed by atoms with van der Waals surface area (Å²) in [5.74, 6) is 0.697. The number of nitrogens with zero attached hydrogens (tertiary/aromatic N) is 1. The van der Waals surface area contributed by atoms with Crippen LogP contribution in [-0.4, -0.2) is 41.8 Å². The van der Waals surface area contributed by atoms with Gasteiger partial charge in [0.1, 0.15) is 0 Å². The van der Waals surface area contributed by atoms with Gasteiger partial charge in [-0.2, -0.15) is 0 Å². The third kappa shape index (κ3) is 2.69. The zero-order valence-electron chi connectivity index (χ0n) is 12.0. The SMILES string of the molecule is CCC(C)C1NCN(C2CCOC(C)(C)C2)C1=O. The van der Waals surface area contributed by atoms with Gasteiger partial charge in [0.05, 0.1) is 18.3 Å². The van der Waals surface area contributed by atoms with Crippen LogP contribution < -0.4 is 5.32 Å². The van der Waals surface area contributed by atoms with Crippen LogP contribution in [0.2, 0.25) is 0 Å². The van der Waals surface area contributed by atoms with Gasteiger partial charge in [-0.05, 0) is 32.6 Å². The summed E-state index contributed by atoms with van der Waals surface area (Å²) in [7, 11) is 0. The second-order valence-corrected chi connectivity index (χ2v) is 6.29. The first kappa shape index (κ1) is 13.8. The summed E-state index contributed by atoms with van der Waals surface area (Å²) in [6, 6.07) is 0.351. The van der Waals surface area contributed by atoms with Gasteiger partial charge in [0.25, 0.3) is 0 Å². The minimum atomic E-state index is -0.0995. The Hall–Kier alpha value is -0.610. The van der Waals surface area contributed by atoms with Crippen LogP contribution >= 0.6 is 0 Å². The summed E-state index contributed by atoms with van der Waals surface area (Å²) in [5.41, 5.74) is -0.0995. The van der Waals surface area contributed by atoms with Gasteiger partial charge in [0.15, 0.2) is 0 Å². The summed E-state index contributed by atoms with van der Waals surface area (Å²) in [6.45, 7) is 9.97. The molecule has 0 radical (unpaired) electrons. The number of hydrogen-bond donors (Lipinski definition) is 1. The van der Waals surface area contributed by atoms with E-state index in [1.54, 1.807) is 0 Å². The van der Waals surface area contributed by atoms with Crippen LogP contribution in [0.25, 0.3) is 0 Å². The first-order valence-electron chi connectivity index (χ1n) is 7.12. The Morgan fingerprint density at radius 1 is 1.56 bits per heavy atom. The average Bonchev–Trinajstić information content (AvgIpc) is 2.69. The van der Waals surface area contributed by atoms with E-state index < -0.39 is 0 Å². The fourth-order valence-corrected chi connectivity index (χ4v) is 3.00. The van der Waals surface area contributed by atoms with Crippen molar-refractivity contribution in [2.45, 2.75) is 64.6 Å². The van der Waals surface area contributed by atoms with Crippen molar-refractivity contribution in [1.29, 1.82) is 0 Å². The molecule has 4 nitrogen and oxygen atoms in total. The minimum absolute atomic E-state index is 0.0148. The molecule has 0 aromatic rings. The second kappa shape index (κ2) is 5.17. The predicted octanol–water partition coefficient (Wildman–Crippen LogP) is 1.75. The molecule has 2 fully saturated rings. The monoisotopic (exact) mass is 254 g/mol. The van der Waals surface area contributed by atoms with Crippen LogP contribution in [0, 0.1) is 5.92 Å². The molecule has 104 valence electrons. The molecule has 2 aliphatic heterocycles. The predicted molar refractivity (Wildman–Crippen MR) is 71.1 cm³/mol. The van der Waals surface area contributed by atoms with E-state index in [9.17, 15) is 4.79 Å². The lowest BCUT2D eigenvalue weighted by atomic mass is 9.92. The quantitative estimate of drug-likeness (QED) is 0.834. The molecule has 3 atom stereocenters. The molecule has 2 aliphatic rings. The van der Waals surface area contributed by atoms with Crippen molar-refractivity contribution in [2.75, 3.05) is 13.3 Å². The molecule has 0 saturated carbocycles. The van der Waals surface area contributed by atoms with Crippen molar-refractivity contribution in [3.8, 4) is 0 Å².